The Morgan fingerprint density at radius 1 is 0.968 bits per heavy atom. The highest BCUT2D eigenvalue weighted by atomic mass is 16.5. The molecule has 2 N–H and O–H groups in total. The lowest BCUT2D eigenvalue weighted by Crippen LogP contribution is -2.44. The smallest absolute Gasteiger partial charge is 0.305 e. The molecule has 9 nitrogen and oxygen atoms in total. The molecule has 2 heterocycles. The second-order valence-corrected chi connectivity index (χ2v) is 6.56. The van der Waals surface area contributed by atoms with E-state index in [0.717, 1.165) is 4.57 Å². The van der Waals surface area contributed by atoms with Gasteiger partial charge in [0, 0.05) is 0 Å². The van der Waals surface area contributed by atoms with Crippen LogP contribution in [0.2, 0.25) is 0 Å². The molecule has 2 aromatic heterocycles. The van der Waals surface area contributed by atoms with Crippen LogP contribution in [-0.4, -0.2) is 21.4 Å². The lowest BCUT2D eigenvalue weighted by Gasteiger charge is -2.08. The first-order chi connectivity index (χ1) is 15.1. The molecule has 0 spiro atoms. The fraction of sp³-hybridized carbons (Fsp3) is 0.0909. The predicted octanol–water partition coefficient (Wildman–Crippen LogP) is 2.03. The molecule has 2 aromatic carbocycles. The number of nitrogens with zero attached hydrogens (tertiary/aromatic N) is 2. The maximum absolute atomic E-state index is 12.4. The lowest BCUT2D eigenvalue weighted by molar-refractivity contribution is -0.122. The van der Waals surface area contributed by atoms with Gasteiger partial charge in [0.05, 0.1) is 17.2 Å². The Morgan fingerprint density at radius 3 is 2.58 bits per heavy atom. The minimum absolute atomic E-state index is 0.0106. The molecule has 0 aliphatic rings. The van der Waals surface area contributed by atoms with Crippen LogP contribution in [0, 0.1) is 0 Å². The Hall–Kier alpha value is -4.40. The van der Waals surface area contributed by atoms with Crippen molar-refractivity contribution in [2.75, 3.05) is 0 Å². The molecule has 156 valence electrons. The molecule has 0 fully saturated rings. The third-order valence-corrected chi connectivity index (χ3v) is 4.37. The molecule has 0 unspecified atom stereocenters. The molecule has 0 bridgehead atoms. The first-order valence-corrected chi connectivity index (χ1v) is 9.40. The standard InChI is InChI=1S/C22H18N4O5/c27-20(12-26-14-23-18-9-5-4-8-17(18)22(26)29)24-25-21(28)19-11-10-16(31-19)13-30-15-6-2-1-3-7-15/h1-11,14H,12-13H2,(H,24,27)(H,25,28). The summed E-state index contributed by atoms with van der Waals surface area (Å²) in [5.41, 5.74) is 4.71. The van der Waals surface area contributed by atoms with Crippen LogP contribution < -0.4 is 21.1 Å². The largest absolute Gasteiger partial charge is 0.486 e. The normalized spacial score (nSPS) is 10.6. The maximum atomic E-state index is 12.4. The van der Waals surface area contributed by atoms with E-state index in [9.17, 15) is 14.4 Å². The van der Waals surface area contributed by atoms with E-state index in [2.05, 4.69) is 15.8 Å². The van der Waals surface area contributed by atoms with Crippen molar-refractivity contribution in [3.05, 3.63) is 94.9 Å². The van der Waals surface area contributed by atoms with Crippen LogP contribution in [0.3, 0.4) is 0 Å². The highest BCUT2D eigenvalue weighted by Gasteiger charge is 2.13. The third-order valence-electron chi connectivity index (χ3n) is 4.37. The van der Waals surface area contributed by atoms with Crippen LogP contribution in [-0.2, 0) is 17.9 Å². The number of nitrogens with one attached hydrogen (secondary N) is 2. The van der Waals surface area contributed by atoms with Gasteiger partial charge >= 0.3 is 5.91 Å². The summed E-state index contributed by atoms with van der Waals surface area (Å²) in [5.74, 6) is -0.0868. The number of amides is 2. The Kier molecular flexibility index (Phi) is 5.75. The number of benzene rings is 2. The van der Waals surface area contributed by atoms with Crippen molar-refractivity contribution in [1.29, 1.82) is 0 Å². The summed E-state index contributed by atoms with van der Waals surface area (Å²) in [6.45, 7) is -0.146. The number of carbonyl (C=O) groups excluding carboxylic acids is 2. The van der Waals surface area contributed by atoms with Crippen LogP contribution in [0.25, 0.3) is 10.9 Å². The van der Waals surface area contributed by atoms with Gasteiger partial charge in [-0.05, 0) is 36.4 Å². The molecule has 2 amide bonds. The Balaban J connectivity index is 1.31. The molecule has 0 atom stereocenters. The summed E-state index contributed by atoms with van der Waals surface area (Å²) in [5, 5.41) is 0.405. The van der Waals surface area contributed by atoms with Crippen LogP contribution >= 0.6 is 0 Å². The number of furan rings is 1. The monoisotopic (exact) mass is 418 g/mol. The fourth-order valence-electron chi connectivity index (χ4n) is 2.85. The van der Waals surface area contributed by atoms with E-state index in [4.69, 9.17) is 9.15 Å². The lowest BCUT2D eigenvalue weighted by atomic mass is 10.2. The minimum Gasteiger partial charge on any atom is -0.486 e. The second-order valence-electron chi connectivity index (χ2n) is 6.56. The number of ether oxygens (including phenoxy) is 1. The number of para-hydroxylation sites is 2. The van der Waals surface area contributed by atoms with Crippen LogP contribution in [0.1, 0.15) is 16.3 Å². The minimum atomic E-state index is -0.636. The summed E-state index contributed by atoms with van der Waals surface area (Å²) >= 11 is 0. The number of carbonyl (C=O) groups is 2. The van der Waals surface area contributed by atoms with Gasteiger partial charge in [0.2, 0.25) is 0 Å². The van der Waals surface area contributed by atoms with Crippen molar-refractivity contribution >= 4 is 22.7 Å². The summed E-state index contributed by atoms with van der Waals surface area (Å²) in [6.07, 6.45) is 1.29. The summed E-state index contributed by atoms with van der Waals surface area (Å²) in [7, 11) is 0. The highest BCUT2D eigenvalue weighted by molar-refractivity contribution is 5.93. The van der Waals surface area contributed by atoms with Gasteiger partial charge in [0.1, 0.15) is 24.7 Å². The summed E-state index contributed by atoms with van der Waals surface area (Å²) < 4.78 is 12.2. The molecule has 4 aromatic rings. The molecule has 0 aliphatic carbocycles. The topological polar surface area (TPSA) is 115 Å². The van der Waals surface area contributed by atoms with Gasteiger partial charge in [-0.25, -0.2) is 4.98 Å². The Bertz CT molecular complexity index is 1280. The van der Waals surface area contributed by atoms with Gasteiger partial charge in [-0.15, -0.1) is 0 Å². The van der Waals surface area contributed by atoms with Gasteiger partial charge in [0.15, 0.2) is 5.76 Å². The van der Waals surface area contributed by atoms with E-state index in [1.165, 1.54) is 12.4 Å². The Morgan fingerprint density at radius 2 is 1.74 bits per heavy atom. The quantitative estimate of drug-likeness (QED) is 0.463. The molecule has 0 saturated heterocycles. The highest BCUT2D eigenvalue weighted by Crippen LogP contribution is 2.13. The van der Waals surface area contributed by atoms with Crippen molar-refractivity contribution in [2.45, 2.75) is 13.2 Å². The average molecular weight is 418 g/mol. The van der Waals surface area contributed by atoms with Crippen molar-refractivity contribution < 1.29 is 18.7 Å². The van der Waals surface area contributed by atoms with E-state index in [1.807, 2.05) is 30.3 Å². The summed E-state index contributed by atoms with van der Waals surface area (Å²) in [4.78, 5) is 40.9. The van der Waals surface area contributed by atoms with Crippen LogP contribution in [0.4, 0.5) is 0 Å². The first kappa shape index (κ1) is 19.9. The predicted molar refractivity (Wildman–Crippen MR) is 111 cm³/mol. The number of hydrogen-bond acceptors (Lipinski definition) is 6. The molecule has 0 aliphatic heterocycles. The number of rotatable bonds is 6. The molecule has 0 saturated carbocycles. The molecule has 0 radical (unpaired) electrons. The van der Waals surface area contributed by atoms with E-state index in [0.29, 0.717) is 22.4 Å². The number of fused-ring (bicyclic) bond motifs is 1. The van der Waals surface area contributed by atoms with Gasteiger partial charge in [-0.2, -0.15) is 0 Å². The molecule has 31 heavy (non-hydrogen) atoms. The van der Waals surface area contributed by atoms with Crippen molar-refractivity contribution in [2.24, 2.45) is 0 Å². The number of hydrazine groups is 1. The van der Waals surface area contributed by atoms with Gasteiger partial charge in [-0.3, -0.25) is 29.8 Å². The summed E-state index contributed by atoms with van der Waals surface area (Å²) in [6, 6.07) is 19.1. The SMILES string of the molecule is O=C(Cn1cnc2ccccc2c1=O)NNC(=O)c1ccc(COc2ccccc2)o1. The number of aromatic nitrogens is 2. The fourth-order valence-corrected chi connectivity index (χ4v) is 2.85. The maximum Gasteiger partial charge on any atom is 0.305 e. The Labute approximate surface area is 176 Å². The molecule has 4 rings (SSSR count). The molecule has 9 heteroatoms. The van der Waals surface area contributed by atoms with E-state index >= 15 is 0 Å². The van der Waals surface area contributed by atoms with Gasteiger partial charge in [0.25, 0.3) is 11.5 Å². The average Bonchev–Trinajstić information content (AvgIpc) is 3.28. The van der Waals surface area contributed by atoms with Crippen LogP contribution in [0.5, 0.6) is 5.75 Å². The molecular weight excluding hydrogens is 400 g/mol. The van der Waals surface area contributed by atoms with Crippen molar-refractivity contribution in [3.8, 4) is 5.75 Å². The van der Waals surface area contributed by atoms with E-state index < -0.39 is 11.8 Å². The van der Waals surface area contributed by atoms with Gasteiger partial charge < -0.3 is 9.15 Å². The second kappa shape index (κ2) is 8.95. The van der Waals surface area contributed by atoms with E-state index in [1.54, 1.807) is 30.3 Å². The van der Waals surface area contributed by atoms with Crippen molar-refractivity contribution in [1.82, 2.24) is 20.4 Å². The van der Waals surface area contributed by atoms with E-state index in [-0.39, 0.29) is 24.5 Å². The zero-order chi connectivity index (χ0) is 21.6. The first-order valence-electron chi connectivity index (χ1n) is 9.40. The van der Waals surface area contributed by atoms with Crippen LogP contribution in [0.15, 0.2) is 82.3 Å². The van der Waals surface area contributed by atoms with Crippen molar-refractivity contribution in [3.63, 3.8) is 0 Å². The third kappa shape index (κ3) is 4.78. The zero-order valence-corrected chi connectivity index (χ0v) is 16.3. The van der Waals surface area contributed by atoms with Gasteiger partial charge in [-0.1, -0.05) is 30.3 Å². The molecular formula is C22H18N4O5. The number of hydrogen-bond donors (Lipinski definition) is 2. The zero-order valence-electron chi connectivity index (χ0n) is 16.3.